The number of hydrogen-bond donors (Lipinski definition) is 0. The molecule has 0 radical (unpaired) electrons. The van der Waals surface area contributed by atoms with Gasteiger partial charge < -0.3 is 0 Å². The maximum atomic E-state index is 8.24. The standard InChI is InChI=1S/C10H15N3Si/c1-14(2,3)8-9-4-6-10(7-5-9)12-13-11/h4-7H,8H2,1-3H3. The van der Waals surface area contributed by atoms with Gasteiger partial charge in [0.1, 0.15) is 0 Å². The average molecular weight is 205 g/mol. The summed E-state index contributed by atoms with van der Waals surface area (Å²) in [7, 11) is -1.04. The molecule has 0 fully saturated rings. The van der Waals surface area contributed by atoms with Crippen LogP contribution in [-0.2, 0) is 6.04 Å². The first-order valence-electron chi connectivity index (χ1n) is 4.65. The molecule has 14 heavy (non-hydrogen) atoms. The summed E-state index contributed by atoms with van der Waals surface area (Å²) in [6.07, 6.45) is 0. The van der Waals surface area contributed by atoms with Crippen LogP contribution in [0.3, 0.4) is 0 Å². The molecule has 4 heteroatoms. The largest absolute Gasteiger partial charge is 0.0693 e. The van der Waals surface area contributed by atoms with Gasteiger partial charge in [-0.1, -0.05) is 54.6 Å². The van der Waals surface area contributed by atoms with Crippen molar-refractivity contribution < 1.29 is 0 Å². The fourth-order valence-electron chi connectivity index (χ4n) is 1.34. The molecule has 74 valence electrons. The lowest BCUT2D eigenvalue weighted by Crippen LogP contribution is -2.23. The van der Waals surface area contributed by atoms with Crippen molar-refractivity contribution in [1.29, 1.82) is 0 Å². The molecule has 0 aromatic heterocycles. The van der Waals surface area contributed by atoms with Crippen molar-refractivity contribution in [3.8, 4) is 0 Å². The number of azide groups is 1. The molecule has 1 aromatic carbocycles. The molecule has 0 amide bonds. The van der Waals surface area contributed by atoms with Gasteiger partial charge in [-0.3, -0.25) is 0 Å². The first-order valence-corrected chi connectivity index (χ1v) is 8.36. The van der Waals surface area contributed by atoms with Gasteiger partial charge in [0, 0.05) is 18.7 Å². The second kappa shape index (κ2) is 4.31. The SMILES string of the molecule is C[Si](C)(C)Cc1ccc(N=[N+]=[N-])cc1. The Morgan fingerprint density at radius 1 is 1.21 bits per heavy atom. The van der Waals surface area contributed by atoms with Crippen LogP contribution in [0.25, 0.3) is 10.4 Å². The molecule has 0 aliphatic carbocycles. The van der Waals surface area contributed by atoms with Gasteiger partial charge in [0.15, 0.2) is 0 Å². The predicted octanol–water partition coefficient (Wildman–Crippen LogP) is 4.05. The summed E-state index contributed by atoms with van der Waals surface area (Å²) in [6, 6.07) is 9.00. The van der Waals surface area contributed by atoms with E-state index in [-0.39, 0.29) is 0 Å². The van der Waals surface area contributed by atoms with Gasteiger partial charge in [0.25, 0.3) is 0 Å². The minimum absolute atomic E-state index is 0.687. The quantitative estimate of drug-likeness (QED) is 0.309. The third kappa shape index (κ3) is 3.64. The topological polar surface area (TPSA) is 48.8 Å². The zero-order valence-electron chi connectivity index (χ0n) is 8.86. The fourth-order valence-corrected chi connectivity index (χ4v) is 2.80. The summed E-state index contributed by atoms with van der Waals surface area (Å²) in [5, 5.41) is 3.54. The van der Waals surface area contributed by atoms with Crippen LogP contribution >= 0.6 is 0 Å². The van der Waals surface area contributed by atoms with Gasteiger partial charge >= 0.3 is 0 Å². The average Bonchev–Trinajstić information content (AvgIpc) is 2.06. The molecule has 0 unspecified atom stereocenters. The van der Waals surface area contributed by atoms with Crippen LogP contribution in [0.15, 0.2) is 29.4 Å². The lowest BCUT2D eigenvalue weighted by Gasteiger charge is -2.15. The normalized spacial score (nSPS) is 10.8. The molecule has 0 heterocycles. The van der Waals surface area contributed by atoms with E-state index in [1.165, 1.54) is 11.6 Å². The van der Waals surface area contributed by atoms with E-state index in [2.05, 4.69) is 29.7 Å². The van der Waals surface area contributed by atoms with Crippen molar-refractivity contribution in [3.05, 3.63) is 40.3 Å². The molecule has 0 aliphatic heterocycles. The monoisotopic (exact) mass is 205 g/mol. The maximum Gasteiger partial charge on any atom is 0.0487 e. The Kier molecular flexibility index (Phi) is 3.33. The van der Waals surface area contributed by atoms with Crippen LogP contribution in [0, 0.1) is 0 Å². The van der Waals surface area contributed by atoms with Crippen molar-refractivity contribution in [2.24, 2.45) is 5.11 Å². The predicted molar refractivity (Wildman–Crippen MR) is 62.3 cm³/mol. The molecule has 0 bridgehead atoms. The Morgan fingerprint density at radius 3 is 2.21 bits per heavy atom. The van der Waals surface area contributed by atoms with Crippen LogP contribution in [0.2, 0.25) is 19.6 Å². The zero-order chi connectivity index (χ0) is 10.6. The van der Waals surface area contributed by atoms with Crippen molar-refractivity contribution >= 4 is 13.8 Å². The number of hydrogen-bond acceptors (Lipinski definition) is 1. The van der Waals surface area contributed by atoms with E-state index in [4.69, 9.17) is 5.53 Å². The van der Waals surface area contributed by atoms with Gasteiger partial charge in [0.05, 0.1) is 0 Å². The van der Waals surface area contributed by atoms with Crippen LogP contribution in [0.1, 0.15) is 5.56 Å². The van der Waals surface area contributed by atoms with E-state index < -0.39 is 8.07 Å². The van der Waals surface area contributed by atoms with E-state index in [0.29, 0.717) is 5.69 Å². The van der Waals surface area contributed by atoms with E-state index >= 15 is 0 Å². The maximum absolute atomic E-state index is 8.24. The van der Waals surface area contributed by atoms with E-state index in [0.717, 1.165) is 0 Å². The summed E-state index contributed by atoms with van der Waals surface area (Å²) < 4.78 is 0. The Morgan fingerprint density at radius 2 is 1.79 bits per heavy atom. The van der Waals surface area contributed by atoms with Crippen LogP contribution in [0.5, 0.6) is 0 Å². The summed E-state index contributed by atoms with van der Waals surface area (Å²) >= 11 is 0. The Labute approximate surface area is 85.4 Å². The van der Waals surface area contributed by atoms with Crippen molar-refractivity contribution in [2.75, 3.05) is 0 Å². The summed E-state index contributed by atoms with van der Waals surface area (Å²) in [4.78, 5) is 2.74. The Hall–Kier alpha value is -1.25. The molecule has 3 nitrogen and oxygen atoms in total. The van der Waals surface area contributed by atoms with E-state index in [1.54, 1.807) is 0 Å². The molecular formula is C10H15N3Si. The molecule has 0 spiro atoms. The highest BCUT2D eigenvalue weighted by molar-refractivity contribution is 6.75. The minimum atomic E-state index is -1.04. The summed E-state index contributed by atoms with van der Waals surface area (Å²) in [5.74, 6) is 0. The highest BCUT2D eigenvalue weighted by Gasteiger charge is 2.13. The molecule has 0 atom stereocenters. The Balaban J connectivity index is 2.78. The number of nitrogens with zero attached hydrogens (tertiary/aromatic N) is 3. The van der Waals surface area contributed by atoms with Gasteiger partial charge in [-0.15, -0.1) is 0 Å². The third-order valence-corrected chi connectivity index (χ3v) is 3.30. The minimum Gasteiger partial charge on any atom is -0.0693 e. The molecule has 1 aromatic rings. The highest BCUT2D eigenvalue weighted by Crippen LogP contribution is 2.16. The molecule has 0 saturated carbocycles. The fraction of sp³-hybridized carbons (Fsp3) is 0.400. The number of rotatable bonds is 3. The number of benzene rings is 1. The molecule has 1 rings (SSSR count). The van der Waals surface area contributed by atoms with E-state index in [9.17, 15) is 0 Å². The summed E-state index contributed by atoms with van der Waals surface area (Å²) in [5.41, 5.74) is 10.3. The van der Waals surface area contributed by atoms with Crippen molar-refractivity contribution in [2.45, 2.75) is 25.7 Å². The van der Waals surface area contributed by atoms with Gasteiger partial charge in [-0.25, -0.2) is 0 Å². The zero-order valence-corrected chi connectivity index (χ0v) is 9.86. The summed E-state index contributed by atoms with van der Waals surface area (Å²) in [6.45, 7) is 7.02. The van der Waals surface area contributed by atoms with Crippen LogP contribution in [-0.4, -0.2) is 8.07 Å². The smallest absolute Gasteiger partial charge is 0.0487 e. The van der Waals surface area contributed by atoms with Gasteiger partial charge in [0.2, 0.25) is 0 Å². The van der Waals surface area contributed by atoms with Gasteiger partial charge in [-0.2, -0.15) is 0 Å². The second-order valence-electron chi connectivity index (χ2n) is 4.59. The molecular weight excluding hydrogens is 190 g/mol. The van der Waals surface area contributed by atoms with Crippen molar-refractivity contribution in [3.63, 3.8) is 0 Å². The molecule has 0 aliphatic rings. The second-order valence-corrected chi connectivity index (χ2v) is 10.1. The lowest BCUT2D eigenvalue weighted by atomic mass is 10.2. The van der Waals surface area contributed by atoms with Crippen LogP contribution < -0.4 is 0 Å². The Bertz CT molecular complexity index is 345. The first-order chi connectivity index (χ1) is 6.51. The van der Waals surface area contributed by atoms with Crippen LogP contribution in [0.4, 0.5) is 5.69 Å². The lowest BCUT2D eigenvalue weighted by molar-refractivity contribution is 1.30. The highest BCUT2D eigenvalue weighted by atomic mass is 28.3. The first kappa shape index (κ1) is 10.8. The van der Waals surface area contributed by atoms with E-state index in [1.807, 2.05) is 24.3 Å². The third-order valence-electron chi connectivity index (χ3n) is 1.83. The molecule has 0 saturated heterocycles. The molecule has 0 N–H and O–H groups in total. The van der Waals surface area contributed by atoms with Crippen molar-refractivity contribution in [1.82, 2.24) is 0 Å². The van der Waals surface area contributed by atoms with Gasteiger partial charge in [-0.05, 0) is 11.6 Å².